The van der Waals surface area contributed by atoms with Gasteiger partial charge in [0.05, 0.1) is 0 Å². The first kappa shape index (κ1) is 12.6. The molecule has 0 N–H and O–H groups in total. The van der Waals surface area contributed by atoms with Gasteiger partial charge in [-0.05, 0) is 11.6 Å². The molecule has 3 heteroatoms. The first-order valence-electron chi connectivity index (χ1n) is 5.55. The number of hydrogen-bond acceptors (Lipinski definition) is 3. The first-order chi connectivity index (χ1) is 8.85. The third-order valence-electron chi connectivity index (χ3n) is 2.61. The van der Waals surface area contributed by atoms with Gasteiger partial charge in [-0.2, -0.15) is 0 Å². The smallest absolute Gasteiger partial charge is 0.151 e. The van der Waals surface area contributed by atoms with Gasteiger partial charge in [0.25, 0.3) is 0 Å². The summed E-state index contributed by atoms with van der Waals surface area (Å²) in [6.45, 7) is 0. The van der Waals surface area contributed by atoms with E-state index in [0.29, 0.717) is 16.9 Å². The SMILES string of the molecule is O=Cc1ccccc1CSc1ccccc1C=O. The molecule has 2 nitrogen and oxygen atoms in total. The minimum Gasteiger partial charge on any atom is -0.298 e. The van der Waals surface area contributed by atoms with Crippen molar-refractivity contribution in [2.75, 3.05) is 0 Å². The Morgan fingerprint density at radius 1 is 0.833 bits per heavy atom. The minimum absolute atomic E-state index is 0.680. The van der Waals surface area contributed by atoms with Gasteiger partial charge in [0.2, 0.25) is 0 Å². The van der Waals surface area contributed by atoms with Crippen LogP contribution in [0, 0.1) is 0 Å². The zero-order valence-corrected chi connectivity index (χ0v) is 10.5. The third-order valence-corrected chi connectivity index (χ3v) is 3.75. The van der Waals surface area contributed by atoms with Crippen LogP contribution in [-0.4, -0.2) is 12.6 Å². The molecule has 0 fully saturated rings. The Morgan fingerprint density at radius 3 is 2.17 bits per heavy atom. The van der Waals surface area contributed by atoms with E-state index in [4.69, 9.17) is 0 Å². The van der Waals surface area contributed by atoms with Crippen molar-refractivity contribution in [3.8, 4) is 0 Å². The maximum atomic E-state index is 10.9. The summed E-state index contributed by atoms with van der Waals surface area (Å²) < 4.78 is 0. The Morgan fingerprint density at radius 2 is 1.44 bits per heavy atom. The Labute approximate surface area is 110 Å². The third kappa shape index (κ3) is 2.87. The van der Waals surface area contributed by atoms with Crippen LogP contribution in [0.2, 0.25) is 0 Å². The summed E-state index contributed by atoms with van der Waals surface area (Å²) in [6, 6.07) is 14.9. The molecule has 0 saturated carbocycles. The van der Waals surface area contributed by atoms with Gasteiger partial charge in [-0.3, -0.25) is 9.59 Å². The van der Waals surface area contributed by atoms with Crippen molar-refractivity contribution in [3.63, 3.8) is 0 Å². The Bertz CT molecular complexity index is 512. The Balaban J connectivity index is 2.16. The van der Waals surface area contributed by atoms with Crippen LogP contribution >= 0.6 is 11.8 Å². The zero-order chi connectivity index (χ0) is 12.8. The summed E-state index contributed by atoms with van der Waals surface area (Å²) in [7, 11) is 0. The van der Waals surface area contributed by atoms with Crippen LogP contribution in [0.5, 0.6) is 0 Å². The highest BCUT2D eigenvalue weighted by atomic mass is 32.2. The lowest BCUT2D eigenvalue weighted by Gasteiger charge is -2.06. The second kappa shape index (κ2) is 6.17. The van der Waals surface area contributed by atoms with Crippen molar-refractivity contribution in [2.24, 2.45) is 0 Å². The number of carbonyl (C=O) groups excluding carboxylic acids is 2. The molecule has 2 rings (SSSR count). The van der Waals surface area contributed by atoms with E-state index in [1.165, 1.54) is 0 Å². The molecule has 90 valence electrons. The molecule has 0 aliphatic rings. The van der Waals surface area contributed by atoms with Crippen LogP contribution in [0.25, 0.3) is 0 Å². The van der Waals surface area contributed by atoms with Crippen molar-refractivity contribution in [2.45, 2.75) is 10.6 Å². The van der Waals surface area contributed by atoms with Crippen LogP contribution in [0.1, 0.15) is 26.3 Å². The molecule has 0 saturated heterocycles. The molecular formula is C15H12O2S. The normalized spacial score (nSPS) is 10.0. The van der Waals surface area contributed by atoms with E-state index in [9.17, 15) is 9.59 Å². The summed E-state index contributed by atoms with van der Waals surface area (Å²) in [5.74, 6) is 0.680. The molecule has 0 heterocycles. The van der Waals surface area contributed by atoms with Crippen molar-refractivity contribution in [1.82, 2.24) is 0 Å². The summed E-state index contributed by atoms with van der Waals surface area (Å²) in [6.07, 6.45) is 1.72. The molecule has 0 atom stereocenters. The second-order valence-corrected chi connectivity index (χ2v) is 4.78. The number of hydrogen-bond donors (Lipinski definition) is 0. The van der Waals surface area contributed by atoms with E-state index in [-0.39, 0.29) is 0 Å². The summed E-state index contributed by atoms with van der Waals surface area (Å²) in [5, 5.41) is 0. The highest BCUT2D eigenvalue weighted by Crippen LogP contribution is 2.26. The zero-order valence-electron chi connectivity index (χ0n) is 9.71. The van der Waals surface area contributed by atoms with Crippen LogP contribution in [-0.2, 0) is 5.75 Å². The van der Waals surface area contributed by atoms with Crippen LogP contribution in [0.15, 0.2) is 53.4 Å². The molecular weight excluding hydrogens is 244 g/mol. The van der Waals surface area contributed by atoms with E-state index in [1.807, 2.05) is 36.4 Å². The lowest BCUT2D eigenvalue weighted by Crippen LogP contribution is -1.91. The van der Waals surface area contributed by atoms with Crippen molar-refractivity contribution < 1.29 is 9.59 Å². The molecule has 0 amide bonds. The van der Waals surface area contributed by atoms with Crippen molar-refractivity contribution in [3.05, 3.63) is 65.2 Å². The summed E-state index contributed by atoms with van der Waals surface area (Å²) in [5.41, 5.74) is 2.37. The summed E-state index contributed by atoms with van der Waals surface area (Å²) >= 11 is 1.56. The molecule has 2 aromatic rings. The molecule has 0 radical (unpaired) electrons. The van der Waals surface area contributed by atoms with E-state index in [2.05, 4.69) is 0 Å². The number of carbonyl (C=O) groups is 2. The number of aldehydes is 2. The summed E-state index contributed by atoms with van der Waals surface area (Å²) in [4.78, 5) is 22.7. The highest BCUT2D eigenvalue weighted by molar-refractivity contribution is 7.98. The quantitative estimate of drug-likeness (QED) is 0.605. The van der Waals surface area contributed by atoms with Crippen LogP contribution in [0.3, 0.4) is 0 Å². The van der Waals surface area contributed by atoms with Crippen LogP contribution < -0.4 is 0 Å². The lowest BCUT2D eigenvalue weighted by molar-refractivity contribution is 0.111. The molecule has 0 unspecified atom stereocenters. The van der Waals surface area contributed by atoms with Crippen LogP contribution in [0.4, 0.5) is 0 Å². The number of thioether (sulfide) groups is 1. The van der Waals surface area contributed by atoms with Gasteiger partial charge in [0.1, 0.15) is 6.29 Å². The Hall–Kier alpha value is -1.87. The van der Waals surface area contributed by atoms with E-state index >= 15 is 0 Å². The first-order valence-corrected chi connectivity index (χ1v) is 6.54. The maximum Gasteiger partial charge on any atom is 0.151 e. The Kier molecular flexibility index (Phi) is 4.31. The minimum atomic E-state index is 0.680. The largest absolute Gasteiger partial charge is 0.298 e. The molecule has 18 heavy (non-hydrogen) atoms. The molecule has 0 aliphatic carbocycles. The average Bonchev–Trinajstić information content (AvgIpc) is 2.45. The van der Waals surface area contributed by atoms with Gasteiger partial charge in [-0.25, -0.2) is 0 Å². The van der Waals surface area contributed by atoms with Gasteiger partial charge >= 0.3 is 0 Å². The van der Waals surface area contributed by atoms with Gasteiger partial charge in [0.15, 0.2) is 6.29 Å². The van der Waals surface area contributed by atoms with E-state index in [1.54, 1.807) is 23.9 Å². The fourth-order valence-corrected chi connectivity index (χ4v) is 2.68. The fraction of sp³-hybridized carbons (Fsp3) is 0.0667. The molecule has 0 bridgehead atoms. The van der Waals surface area contributed by atoms with Gasteiger partial charge < -0.3 is 0 Å². The maximum absolute atomic E-state index is 10.9. The number of rotatable bonds is 5. The predicted molar refractivity (Wildman–Crippen MR) is 73.2 cm³/mol. The number of benzene rings is 2. The van der Waals surface area contributed by atoms with E-state index < -0.39 is 0 Å². The molecule has 0 spiro atoms. The second-order valence-electron chi connectivity index (χ2n) is 3.76. The molecule has 0 aliphatic heterocycles. The highest BCUT2D eigenvalue weighted by Gasteiger charge is 2.04. The monoisotopic (exact) mass is 256 g/mol. The van der Waals surface area contributed by atoms with Gasteiger partial charge in [-0.1, -0.05) is 42.5 Å². The van der Waals surface area contributed by atoms with Gasteiger partial charge in [-0.15, -0.1) is 11.8 Å². The van der Waals surface area contributed by atoms with Crippen molar-refractivity contribution >= 4 is 24.3 Å². The predicted octanol–water partition coefficient (Wildman–Crippen LogP) is 3.60. The van der Waals surface area contributed by atoms with Gasteiger partial charge in [0, 0.05) is 21.8 Å². The van der Waals surface area contributed by atoms with Crippen molar-refractivity contribution in [1.29, 1.82) is 0 Å². The standard InChI is InChI=1S/C15H12O2S/c16-9-12-5-1-2-7-14(12)11-18-15-8-4-3-6-13(15)10-17/h1-10H,11H2. The molecule has 0 aromatic heterocycles. The lowest BCUT2D eigenvalue weighted by atomic mass is 10.1. The average molecular weight is 256 g/mol. The topological polar surface area (TPSA) is 34.1 Å². The molecule has 2 aromatic carbocycles. The van der Waals surface area contributed by atoms with E-state index in [0.717, 1.165) is 23.0 Å². The fourth-order valence-electron chi connectivity index (χ4n) is 1.65.